The number of rotatable bonds is 5. The second-order valence-electron chi connectivity index (χ2n) is 5.05. The maximum atomic E-state index is 12.2. The predicted molar refractivity (Wildman–Crippen MR) is 110 cm³/mol. The van der Waals surface area contributed by atoms with E-state index in [0.717, 1.165) is 5.56 Å². The van der Waals surface area contributed by atoms with Gasteiger partial charge in [-0.2, -0.15) is 5.10 Å². The number of hydrogen-bond donors (Lipinski definition) is 3. The quantitative estimate of drug-likeness (QED) is 0.298. The van der Waals surface area contributed by atoms with E-state index in [2.05, 4.69) is 15.5 Å². The van der Waals surface area contributed by atoms with Crippen molar-refractivity contribution in [3.63, 3.8) is 0 Å². The Kier molecular flexibility index (Phi) is 9.48. The molecule has 2 rings (SSSR count). The number of guanidine groups is 1. The Hall–Kier alpha value is -3.17. The first-order chi connectivity index (χ1) is 11.9. The van der Waals surface area contributed by atoms with Crippen LogP contribution in [0.4, 0.5) is 11.4 Å². The molecule has 27 heavy (non-hydrogen) atoms. The fraction of sp³-hybridized carbons (Fsp3) is 0.0625. The van der Waals surface area contributed by atoms with Crippen LogP contribution in [0.3, 0.4) is 0 Å². The molecule has 0 spiro atoms. The third kappa shape index (κ3) is 6.92. The summed E-state index contributed by atoms with van der Waals surface area (Å²) < 4.78 is 0. The fourth-order valence-corrected chi connectivity index (χ4v) is 1.95. The molecule has 0 fully saturated rings. The summed E-state index contributed by atoms with van der Waals surface area (Å²) in [6.45, 7) is 1.73. The Morgan fingerprint density at radius 3 is 2.22 bits per heavy atom. The van der Waals surface area contributed by atoms with Crippen molar-refractivity contribution < 1.29 is 9.72 Å². The van der Waals surface area contributed by atoms with Gasteiger partial charge in [0.05, 0.1) is 10.6 Å². The Labute approximate surface area is 167 Å². The van der Waals surface area contributed by atoms with Crippen molar-refractivity contribution in [2.75, 3.05) is 5.32 Å². The molecule has 0 radical (unpaired) electrons. The Morgan fingerprint density at radius 1 is 1.04 bits per heavy atom. The van der Waals surface area contributed by atoms with Crippen LogP contribution in [-0.2, 0) is 0 Å². The van der Waals surface area contributed by atoms with Crippen molar-refractivity contribution >= 4 is 53.8 Å². The van der Waals surface area contributed by atoms with E-state index in [1.54, 1.807) is 31.2 Å². The first-order valence-electron chi connectivity index (χ1n) is 7.16. The molecule has 0 saturated carbocycles. The van der Waals surface area contributed by atoms with Gasteiger partial charge in [-0.25, -0.2) is 0 Å². The number of nitro groups is 1. The molecule has 2 aromatic carbocycles. The summed E-state index contributed by atoms with van der Waals surface area (Å²) in [6.07, 6.45) is 0. The third-order valence-electron chi connectivity index (χ3n) is 3.19. The minimum Gasteiger partial charge on any atom is -0.369 e. The van der Waals surface area contributed by atoms with Gasteiger partial charge in [0.1, 0.15) is 0 Å². The minimum atomic E-state index is -0.524. The number of non-ortho nitro benzene ring substituents is 1. The number of nitro benzene ring substituents is 1. The zero-order valence-electron chi connectivity index (χ0n) is 14.2. The zero-order chi connectivity index (χ0) is 18.4. The predicted octanol–water partition coefficient (Wildman–Crippen LogP) is 2.69. The van der Waals surface area contributed by atoms with Crippen molar-refractivity contribution in [1.29, 1.82) is 0 Å². The summed E-state index contributed by atoms with van der Waals surface area (Å²) in [5.74, 6) is -0.534. The molecule has 0 atom stereocenters. The van der Waals surface area contributed by atoms with E-state index in [-0.39, 0.29) is 42.4 Å². The SMILES string of the molecule is C/C(=N\N=C(N)N)c1cccc(NC(=O)c2ccc([N+](=O)[O-])cc2)c1.Cl.Cl. The van der Waals surface area contributed by atoms with Crippen molar-refractivity contribution in [2.24, 2.45) is 21.7 Å². The minimum absolute atomic E-state index is 0. The summed E-state index contributed by atoms with van der Waals surface area (Å²) in [4.78, 5) is 22.3. The summed E-state index contributed by atoms with van der Waals surface area (Å²) >= 11 is 0. The highest BCUT2D eigenvalue weighted by Gasteiger charge is 2.10. The molecule has 0 aliphatic heterocycles. The molecule has 0 aromatic heterocycles. The van der Waals surface area contributed by atoms with Crippen LogP contribution in [-0.4, -0.2) is 22.5 Å². The number of nitrogens with zero attached hydrogens (tertiary/aromatic N) is 3. The molecule has 5 N–H and O–H groups in total. The molecule has 0 aliphatic carbocycles. The van der Waals surface area contributed by atoms with Gasteiger partial charge in [-0.3, -0.25) is 14.9 Å². The third-order valence-corrected chi connectivity index (χ3v) is 3.19. The summed E-state index contributed by atoms with van der Waals surface area (Å²) in [6, 6.07) is 12.3. The van der Waals surface area contributed by atoms with Gasteiger partial charge < -0.3 is 16.8 Å². The van der Waals surface area contributed by atoms with Gasteiger partial charge in [0.25, 0.3) is 11.6 Å². The number of carbonyl (C=O) groups is 1. The number of halogens is 2. The van der Waals surface area contributed by atoms with Crippen LogP contribution >= 0.6 is 24.8 Å². The average molecular weight is 413 g/mol. The zero-order valence-corrected chi connectivity index (χ0v) is 15.8. The van der Waals surface area contributed by atoms with Gasteiger partial charge in [-0.15, -0.1) is 29.9 Å². The monoisotopic (exact) mass is 412 g/mol. The van der Waals surface area contributed by atoms with E-state index in [9.17, 15) is 14.9 Å². The molecular weight excluding hydrogens is 395 g/mol. The molecule has 11 heteroatoms. The smallest absolute Gasteiger partial charge is 0.269 e. The van der Waals surface area contributed by atoms with Crippen molar-refractivity contribution in [3.8, 4) is 0 Å². The number of anilines is 1. The van der Waals surface area contributed by atoms with Gasteiger partial charge in [-0.1, -0.05) is 12.1 Å². The average Bonchev–Trinajstić information content (AvgIpc) is 2.59. The van der Waals surface area contributed by atoms with E-state index in [0.29, 0.717) is 17.0 Å². The molecule has 0 bridgehead atoms. The summed E-state index contributed by atoms with van der Waals surface area (Å²) in [7, 11) is 0. The van der Waals surface area contributed by atoms with E-state index in [1.165, 1.54) is 24.3 Å². The Morgan fingerprint density at radius 2 is 1.67 bits per heavy atom. The van der Waals surface area contributed by atoms with Crippen molar-refractivity contribution in [2.45, 2.75) is 6.92 Å². The molecule has 0 aliphatic rings. The first kappa shape index (κ1) is 23.8. The van der Waals surface area contributed by atoms with Crippen LogP contribution < -0.4 is 16.8 Å². The van der Waals surface area contributed by atoms with Crippen molar-refractivity contribution in [3.05, 3.63) is 69.8 Å². The van der Waals surface area contributed by atoms with Crippen LogP contribution in [0.2, 0.25) is 0 Å². The lowest BCUT2D eigenvalue weighted by Gasteiger charge is -2.07. The standard InChI is InChI=1S/C16H16N6O3.2ClH/c1-10(20-21-16(17)18)12-3-2-4-13(9-12)19-15(23)11-5-7-14(8-6-11)22(24)25;;/h2-9H,1H3,(H,19,23)(H4,17,18,21);2*1H/b20-10+;;. The maximum Gasteiger partial charge on any atom is 0.269 e. The van der Waals surface area contributed by atoms with Gasteiger partial charge >= 0.3 is 0 Å². The topological polar surface area (TPSA) is 149 Å². The molecule has 9 nitrogen and oxygen atoms in total. The summed E-state index contributed by atoms with van der Waals surface area (Å²) in [5, 5.41) is 20.8. The Bertz CT molecular complexity index is 865. The number of nitrogens with one attached hydrogen (secondary N) is 1. The van der Waals surface area contributed by atoms with Gasteiger partial charge in [0.15, 0.2) is 0 Å². The van der Waals surface area contributed by atoms with Gasteiger partial charge in [0, 0.05) is 23.4 Å². The maximum absolute atomic E-state index is 12.2. The lowest BCUT2D eigenvalue weighted by atomic mass is 10.1. The van der Waals surface area contributed by atoms with E-state index >= 15 is 0 Å². The normalized spacial score (nSPS) is 10.0. The molecule has 144 valence electrons. The van der Waals surface area contributed by atoms with Crippen LogP contribution in [0.1, 0.15) is 22.8 Å². The molecule has 1 amide bonds. The number of benzene rings is 2. The van der Waals surface area contributed by atoms with Crippen LogP contribution in [0.25, 0.3) is 0 Å². The second kappa shape index (κ2) is 10.7. The summed E-state index contributed by atoms with van der Waals surface area (Å²) in [5.41, 5.74) is 12.5. The number of hydrogen-bond acceptors (Lipinski definition) is 5. The van der Waals surface area contributed by atoms with Gasteiger partial charge in [-0.05, 0) is 36.8 Å². The molecule has 0 saturated heterocycles. The number of amides is 1. The largest absolute Gasteiger partial charge is 0.369 e. The van der Waals surface area contributed by atoms with Crippen LogP contribution in [0.5, 0.6) is 0 Å². The fourth-order valence-electron chi connectivity index (χ4n) is 1.95. The molecule has 0 unspecified atom stereocenters. The van der Waals surface area contributed by atoms with E-state index in [4.69, 9.17) is 11.5 Å². The van der Waals surface area contributed by atoms with Gasteiger partial charge in [0.2, 0.25) is 5.96 Å². The highest BCUT2D eigenvalue weighted by molar-refractivity contribution is 6.05. The highest BCUT2D eigenvalue weighted by Crippen LogP contribution is 2.16. The Balaban J connectivity index is 0.00000338. The number of nitrogens with two attached hydrogens (primary N) is 2. The van der Waals surface area contributed by atoms with Crippen molar-refractivity contribution in [1.82, 2.24) is 0 Å². The lowest BCUT2D eigenvalue weighted by molar-refractivity contribution is -0.384. The first-order valence-corrected chi connectivity index (χ1v) is 7.16. The van der Waals surface area contributed by atoms with Crippen LogP contribution in [0, 0.1) is 10.1 Å². The highest BCUT2D eigenvalue weighted by atomic mass is 35.5. The second-order valence-corrected chi connectivity index (χ2v) is 5.05. The van der Waals surface area contributed by atoms with Crippen LogP contribution in [0.15, 0.2) is 58.7 Å². The molecule has 2 aromatic rings. The molecular formula is C16H18Cl2N6O3. The van der Waals surface area contributed by atoms with E-state index in [1.807, 2.05) is 0 Å². The number of carbonyl (C=O) groups excluding carboxylic acids is 1. The van der Waals surface area contributed by atoms with E-state index < -0.39 is 4.92 Å². The lowest BCUT2D eigenvalue weighted by Crippen LogP contribution is -2.22. The molecule has 0 heterocycles.